The van der Waals surface area contributed by atoms with Gasteiger partial charge in [0, 0.05) is 26.2 Å². The van der Waals surface area contributed by atoms with E-state index in [1.165, 1.54) is 0 Å². The van der Waals surface area contributed by atoms with Gasteiger partial charge in [0.1, 0.15) is 0 Å². The molecule has 3 unspecified atom stereocenters. The van der Waals surface area contributed by atoms with Crippen molar-refractivity contribution in [2.75, 3.05) is 20.2 Å². The first kappa shape index (κ1) is 12.9. The van der Waals surface area contributed by atoms with Crippen LogP contribution in [0.3, 0.4) is 0 Å². The summed E-state index contributed by atoms with van der Waals surface area (Å²) in [4.78, 5) is 2.38. The average molecular weight is 215 g/mol. The van der Waals surface area contributed by atoms with E-state index in [0.717, 1.165) is 38.8 Å². The van der Waals surface area contributed by atoms with Gasteiger partial charge in [0.15, 0.2) is 0 Å². The molecule has 0 aromatic carbocycles. The number of likely N-dealkylation sites (tertiary alicyclic amines) is 1. The van der Waals surface area contributed by atoms with Gasteiger partial charge >= 0.3 is 0 Å². The molecule has 1 aliphatic rings. The molecule has 3 nitrogen and oxygen atoms in total. The van der Waals surface area contributed by atoms with Gasteiger partial charge in [-0.25, -0.2) is 0 Å². The van der Waals surface area contributed by atoms with Crippen LogP contribution in [0.1, 0.15) is 39.5 Å². The summed E-state index contributed by atoms with van der Waals surface area (Å²) in [6, 6.07) is 0.324. The highest BCUT2D eigenvalue weighted by Gasteiger charge is 2.30. The Hall–Kier alpha value is -0.120. The molecule has 0 radical (unpaired) electrons. The fourth-order valence-corrected chi connectivity index (χ4v) is 2.51. The first-order valence-electron chi connectivity index (χ1n) is 6.17. The lowest BCUT2D eigenvalue weighted by Crippen LogP contribution is -2.42. The molecule has 0 aliphatic carbocycles. The summed E-state index contributed by atoms with van der Waals surface area (Å²) in [5, 5.41) is 10.0. The van der Waals surface area contributed by atoms with Gasteiger partial charge in [0.05, 0.1) is 12.2 Å². The maximum atomic E-state index is 10.0. The van der Waals surface area contributed by atoms with E-state index in [2.05, 4.69) is 18.7 Å². The Morgan fingerprint density at radius 2 is 2.20 bits per heavy atom. The van der Waals surface area contributed by atoms with Crippen molar-refractivity contribution in [2.45, 2.75) is 57.8 Å². The highest BCUT2D eigenvalue weighted by molar-refractivity contribution is 4.85. The van der Waals surface area contributed by atoms with Crippen LogP contribution in [0, 0.1) is 0 Å². The Bertz CT molecular complexity index is 175. The lowest BCUT2D eigenvalue weighted by molar-refractivity contribution is 0.0397. The highest BCUT2D eigenvalue weighted by atomic mass is 16.5. The van der Waals surface area contributed by atoms with Crippen LogP contribution in [0.25, 0.3) is 0 Å². The molecule has 1 fully saturated rings. The summed E-state index contributed by atoms with van der Waals surface area (Å²) >= 11 is 0. The molecule has 0 aromatic heterocycles. The van der Waals surface area contributed by atoms with Crippen molar-refractivity contribution in [1.82, 2.24) is 4.90 Å². The summed E-state index contributed by atoms with van der Waals surface area (Å²) < 4.78 is 5.35. The van der Waals surface area contributed by atoms with E-state index in [-0.39, 0.29) is 6.10 Å². The van der Waals surface area contributed by atoms with Crippen LogP contribution in [-0.4, -0.2) is 48.5 Å². The molecule has 3 heteroatoms. The van der Waals surface area contributed by atoms with Gasteiger partial charge in [-0.2, -0.15) is 0 Å². The normalized spacial score (nSPS) is 26.8. The second kappa shape index (κ2) is 6.46. The number of methoxy groups -OCH3 is 1. The third-order valence-electron chi connectivity index (χ3n) is 3.43. The van der Waals surface area contributed by atoms with Gasteiger partial charge in [0.2, 0.25) is 0 Å². The van der Waals surface area contributed by atoms with Crippen LogP contribution in [-0.2, 0) is 4.74 Å². The second-order valence-corrected chi connectivity index (χ2v) is 4.47. The van der Waals surface area contributed by atoms with Crippen molar-refractivity contribution in [3.63, 3.8) is 0 Å². The third-order valence-corrected chi connectivity index (χ3v) is 3.43. The standard InChI is InChI=1S/C12H25NO2/c1-4-6-12(14)11(5-2)13-8-7-10(9-13)15-3/h10-12,14H,4-9H2,1-3H3. The summed E-state index contributed by atoms with van der Waals surface area (Å²) in [7, 11) is 1.78. The van der Waals surface area contributed by atoms with Crippen molar-refractivity contribution >= 4 is 0 Å². The minimum atomic E-state index is -0.171. The Balaban J connectivity index is 2.44. The molecule has 1 N–H and O–H groups in total. The quantitative estimate of drug-likeness (QED) is 0.731. The Labute approximate surface area is 93.4 Å². The fourth-order valence-electron chi connectivity index (χ4n) is 2.51. The Morgan fingerprint density at radius 3 is 2.67 bits per heavy atom. The molecule has 0 aromatic rings. The molecule has 90 valence electrons. The first-order chi connectivity index (χ1) is 7.22. The van der Waals surface area contributed by atoms with Gasteiger partial charge in [0.25, 0.3) is 0 Å². The largest absolute Gasteiger partial charge is 0.391 e. The topological polar surface area (TPSA) is 32.7 Å². The summed E-state index contributed by atoms with van der Waals surface area (Å²) in [5.74, 6) is 0. The van der Waals surface area contributed by atoms with Gasteiger partial charge in [-0.1, -0.05) is 20.3 Å². The molecule has 0 bridgehead atoms. The molecule has 0 amide bonds. The molecule has 0 spiro atoms. The summed E-state index contributed by atoms with van der Waals surface area (Å²) in [6.45, 7) is 6.33. The van der Waals surface area contributed by atoms with Crippen molar-refractivity contribution in [3.8, 4) is 0 Å². The number of hydrogen-bond acceptors (Lipinski definition) is 3. The molecule has 1 aliphatic heterocycles. The van der Waals surface area contributed by atoms with E-state index in [1.807, 2.05) is 0 Å². The van der Waals surface area contributed by atoms with Crippen molar-refractivity contribution in [3.05, 3.63) is 0 Å². The average Bonchev–Trinajstić information content (AvgIpc) is 2.68. The lowest BCUT2D eigenvalue weighted by Gasteiger charge is -2.30. The first-order valence-corrected chi connectivity index (χ1v) is 6.17. The molecule has 3 atom stereocenters. The second-order valence-electron chi connectivity index (χ2n) is 4.47. The van der Waals surface area contributed by atoms with E-state index in [9.17, 15) is 5.11 Å². The minimum Gasteiger partial charge on any atom is -0.391 e. The molecule has 1 heterocycles. The van der Waals surface area contributed by atoms with Crippen molar-refractivity contribution in [1.29, 1.82) is 0 Å². The highest BCUT2D eigenvalue weighted by Crippen LogP contribution is 2.20. The van der Waals surface area contributed by atoms with Crippen LogP contribution in [0.2, 0.25) is 0 Å². The zero-order valence-electron chi connectivity index (χ0n) is 10.3. The van der Waals surface area contributed by atoms with Gasteiger partial charge < -0.3 is 9.84 Å². The van der Waals surface area contributed by atoms with E-state index < -0.39 is 0 Å². The zero-order valence-corrected chi connectivity index (χ0v) is 10.3. The number of ether oxygens (including phenoxy) is 1. The lowest BCUT2D eigenvalue weighted by atomic mass is 10.0. The van der Waals surface area contributed by atoms with Crippen molar-refractivity contribution < 1.29 is 9.84 Å². The third kappa shape index (κ3) is 3.44. The van der Waals surface area contributed by atoms with Crippen LogP contribution >= 0.6 is 0 Å². The Kier molecular flexibility index (Phi) is 5.58. The maximum Gasteiger partial charge on any atom is 0.0710 e. The van der Waals surface area contributed by atoms with Crippen LogP contribution in [0.5, 0.6) is 0 Å². The number of nitrogens with zero attached hydrogens (tertiary/aromatic N) is 1. The monoisotopic (exact) mass is 215 g/mol. The zero-order chi connectivity index (χ0) is 11.3. The van der Waals surface area contributed by atoms with Crippen LogP contribution in [0.4, 0.5) is 0 Å². The van der Waals surface area contributed by atoms with Gasteiger partial charge in [-0.3, -0.25) is 4.90 Å². The maximum absolute atomic E-state index is 10.0. The van der Waals surface area contributed by atoms with Gasteiger partial charge in [-0.15, -0.1) is 0 Å². The molecule has 1 rings (SSSR count). The van der Waals surface area contributed by atoms with E-state index in [4.69, 9.17) is 4.74 Å². The SMILES string of the molecule is CCCC(O)C(CC)N1CCC(OC)C1. The van der Waals surface area contributed by atoms with Crippen LogP contribution < -0.4 is 0 Å². The molecule has 15 heavy (non-hydrogen) atoms. The molecule has 1 saturated heterocycles. The van der Waals surface area contributed by atoms with Crippen molar-refractivity contribution in [2.24, 2.45) is 0 Å². The van der Waals surface area contributed by atoms with E-state index >= 15 is 0 Å². The molecule has 0 saturated carbocycles. The summed E-state index contributed by atoms with van der Waals surface area (Å²) in [5.41, 5.74) is 0. The number of aliphatic hydroxyl groups is 1. The molecular formula is C12H25NO2. The minimum absolute atomic E-state index is 0.171. The van der Waals surface area contributed by atoms with Crippen LogP contribution in [0.15, 0.2) is 0 Å². The smallest absolute Gasteiger partial charge is 0.0710 e. The summed E-state index contributed by atoms with van der Waals surface area (Å²) in [6.07, 6.45) is 4.29. The van der Waals surface area contributed by atoms with E-state index in [0.29, 0.717) is 12.1 Å². The van der Waals surface area contributed by atoms with Gasteiger partial charge in [-0.05, 0) is 19.3 Å². The predicted molar refractivity (Wildman–Crippen MR) is 62.0 cm³/mol. The number of hydrogen-bond donors (Lipinski definition) is 1. The number of aliphatic hydroxyl groups excluding tert-OH is 1. The number of rotatable bonds is 6. The Morgan fingerprint density at radius 1 is 1.47 bits per heavy atom. The molecular weight excluding hydrogens is 190 g/mol. The fraction of sp³-hybridized carbons (Fsp3) is 1.00. The van der Waals surface area contributed by atoms with E-state index in [1.54, 1.807) is 7.11 Å². The predicted octanol–water partition coefficient (Wildman–Crippen LogP) is 1.65.